The smallest absolute Gasteiger partial charge is 0.180 e. The molecule has 3 aromatic carbocycles. The first-order valence-corrected chi connectivity index (χ1v) is 10.7. The Morgan fingerprint density at radius 1 is 0.935 bits per heavy atom. The fourth-order valence-electron chi connectivity index (χ4n) is 2.81. The van der Waals surface area contributed by atoms with Gasteiger partial charge in [0.2, 0.25) is 0 Å². The molecule has 0 aliphatic rings. The molecule has 3 rings (SSSR count). The summed E-state index contributed by atoms with van der Waals surface area (Å²) in [4.78, 5) is 0. The Bertz CT molecular complexity index is 1050. The van der Waals surface area contributed by atoms with Crippen LogP contribution in [-0.4, -0.2) is 11.7 Å². The summed E-state index contributed by atoms with van der Waals surface area (Å²) < 4.78 is 25.5. The summed E-state index contributed by atoms with van der Waals surface area (Å²) in [5.74, 6) is 0.0731. The first-order chi connectivity index (χ1) is 14.8. The van der Waals surface area contributed by atoms with Crippen molar-refractivity contribution >= 4 is 52.1 Å². The number of nitrogens with one attached hydrogen (secondary N) is 1. The van der Waals surface area contributed by atoms with E-state index in [1.807, 2.05) is 6.92 Å². The van der Waals surface area contributed by atoms with Crippen molar-refractivity contribution in [2.45, 2.75) is 20.1 Å². The molecule has 0 fully saturated rings. The maximum atomic E-state index is 14.0. The molecule has 0 saturated carbocycles. The average molecular weight is 505 g/mol. The number of hydrogen-bond acceptors (Lipinski definition) is 4. The van der Waals surface area contributed by atoms with Crippen LogP contribution in [0.25, 0.3) is 0 Å². The Hall–Kier alpha value is -2.05. The van der Waals surface area contributed by atoms with E-state index in [0.29, 0.717) is 35.4 Å². The van der Waals surface area contributed by atoms with E-state index in [4.69, 9.17) is 55.9 Å². The van der Waals surface area contributed by atoms with Gasteiger partial charge < -0.3 is 19.9 Å². The van der Waals surface area contributed by atoms with Crippen LogP contribution >= 0.6 is 46.4 Å². The molecule has 0 aliphatic carbocycles. The molecule has 0 unspecified atom stereocenters. The zero-order chi connectivity index (χ0) is 22.5. The quantitative estimate of drug-likeness (QED) is 0.308. The number of halogens is 5. The largest absolute Gasteiger partial charge is 0.505 e. The van der Waals surface area contributed by atoms with Gasteiger partial charge in [0, 0.05) is 17.8 Å². The predicted molar refractivity (Wildman–Crippen MR) is 124 cm³/mol. The number of phenols is 1. The third kappa shape index (κ3) is 5.80. The van der Waals surface area contributed by atoms with Gasteiger partial charge in [-0.2, -0.15) is 0 Å². The second-order valence-corrected chi connectivity index (χ2v) is 8.10. The molecule has 2 N–H and O–H groups in total. The van der Waals surface area contributed by atoms with Gasteiger partial charge in [-0.15, -0.1) is 0 Å². The van der Waals surface area contributed by atoms with E-state index in [-0.39, 0.29) is 33.0 Å². The maximum Gasteiger partial charge on any atom is 0.180 e. The lowest BCUT2D eigenvalue weighted by Gasteiger charge is -2.17. The van der Waals surface area contributed by atoms with Crippen LogP contribution in [-0.2, 0) is 13.2 Å². The van der Waals surface area contributed by atoms with Crippen LogP contribution in [0.3, 0.4) is 0 Å². The van der Waals surface area contributed by atoms with E-state index < -0.39 is 5.82 Å². The Morgan fingerprint density at radius 2 is 1.65 bits per heavy atom. The van der Waals surface area contributed by atoms with Crippen molar-refractivity contribution in [1.29, 1.82) is 0 Å². The van der Waals surface area contributed by atoms with Crippen molar-refractivity contribution in [2.24, 2.45) is 0 Å². The molecule has 4 nitrogen and oxygen atoms in total. The summed E-state index contributed by atoms with van der Waals surface area (Å²) in [6, 6.07) is 11.0. The summed E-state index contributed by atoms with van der Waals surface area (Å²) in [5.41, 5.74) is 1.65. The third-order valence-electron chi connectivity index (χ3n) is 4.31. The van der Waals surface area contributed by atoms with Crippen molar-refractivity contribution in [2.75, 3.05) is 11.9 Å². The van der Waals surface area contributed by atoms with E-state index in [0.717, 1.165) is 5.56 Å². The fourth-order valence-corrected chi connectivity index (χ4v) is 3.81. The summed E-state index contributed by atoms with van der Waals surface area (Å²) in [5, 5.41) is 13.7. The minimum Gasteiger partial charge on any atom is -0.505 e. The fraction of sp³-hybridized carbons (Fsp3) is 0.182. The standard InChI is InChI=1S/C22H18Cl4FNO3/c1-2-30-20-7-12(10-28-13-8-16(24)21(29)17(25)9-13)6-18(26)22(20)31-11-14-15(23)4-3-5-19(14)27/h3-9,28-29H,2,10-11H2,1H3. The summed E-state index contributed by atoms with van der Waals surface area (Å²) in [7, 11) is 0. The number of hydrogen-bond donors (Lipinski definition) is 2. The first-order valence-electron chi connectivity index (χ1n) is 9.23. The zero-order valence-corrected chi connectivity index (χ0v) is 19.3. The van der Waals surface area contributed by atoms with Crippen molar-refractivity contribution in [3.63, 3.8) is 0 Å². The van der Waals surface area contributed by atoms with E-state index >= 15 is 0 Å². The number of anilines is 1. The third-order valence-corrected chi connectivity index (χ3v) is 5.52. The summed E-state index contributed by atoms with van der Waals surface area (Å²) in [6.45, 7) is 2.48. The van der Waals surface area contributed by atoms with Crippen molar-refractivity contribution in [1.82, 2.24) is 0 Å². The number of aromatic hydroxyl groups is 1. The maximum absolute atomic E-state index is 14.0. The highest BCUT2D eigenvalue weighted by atomic mass is 35.5. The lowest BCUT2D eigenvalue weighted by Crippen LogP contribution is -2.05. The molecule has 0 saturated heterocycles. The number of rotatable bonds is 8. The predicted octanol–water partition coefficient (Wildman–Crippen LogP) is 7.73. The molecule has 0 atom stereocenters. The lowest BCUT2D eigenvalue weighted by atomic mass is 10.2. The normalized spacial score (nSPS) is 10.8. The molecule has 0 aliphatic heterocycles. The SMILES string of the molecule is CCOc1cc(CNc2cc(Cl)c(O)c(Cl)c2)cc(Cl)c1OCc1c(F)cccc1Cl. The zero-order valence-electron chi connectivity index (χ0n) is 16.3. The molecule has 0 heterocycles. The van der Waals surface area contributed by atoms with Gasteiger partial charge >= 0.3 is 0 Å². The van der Waals surface area contributed by atoms with Gasteiger partial charge in [-0.25, -0.2) is 4.39 Å². The highest BCUT2D eigenvalue weighted by Crippen LogP contribution is 2.39. The topological polar surface area (TPSA) is 50.7 Å². The summed E-state index contributed by atoms with van der Waals surface area (Å²) in [6.07, 6.45) is 0. The van der Waals surface area contributed by atoms with Crippen molar-refractivity contribution < 1.29 is 19.0 Å². The van der Waals surface area contributed by atoms with Crippen LogP contribution in [0.5, 0.6) is 17.2 Å². The molecular weight excluding hydrogens is 487 g/mol. The van der Waals surface area contributed by atoms with Crippen LogP contribution < -0.4 is 14.8 Å². The minimum atomic E-state index is -0.464. The summed E-state index contributed by atoms with van der Waals surface area (Å²) >= 11 is 24.4. The monoisotopic (exact) mass is 503 g/mol. The molecule has 0 aromatic heterocycles. The van der Waals surface area contributed by atoms with Crippen LogP contribution in [0, 0.1) is 5.82 Å². The van der Waals surface area contributed by atoms with E-state index in [1.54, 1.807) is 30.3 Å². The van der Waals surface area contributed by atoms with Gasteiger partial charge in [0.25, 0.3) is 0 Å². The molecular formula is C22H18Cl4FNO3. The Labute approximate surface area is 199 Å². The lowest BCUT2D eigenvalue weighted by molar-refractivity contribution is 0.266. The second kappa shape index (κ2) is 10.5. The van der Waals surface area contributed by atoms with Crippen LogP contribution in [0.4, 0.5) is 10.1 Å². The Morgan fingerprint density at radius 3 is 2.29 bits per heavy atom. The molecule has 31 heavy (non-hydrogen) atoms. The number of benzene rings is 3. The molecule has 0 spiro atoms. The van der Waals surface area contributed by atoms with Crippen LogP contribution in [0.2, 0.25) is 20.1 Å². The molecule has 0 amide bonds. The highest BCUT2D eigenvalue weighted by molar-refractivity contribution is 6.37. The van der Waals surface area contributed by atoms with E-state index in [9.17, 15) is 9.50 Å². The van der Waals surface area contributed by atoms with Crippen LogP contribution in [0.1, 0.15) is 18.1 Å². The molecule has 3 aromatic rings. The molecule has 0 bridgehead atoms. The van der Waals surface area contributed by atoms with Crippen LogP contribution in [0.15, 0.2) is 42.5 Å². The van der Waals surface area contributed by atoms with Gasteiger partial charge in [-0.3, -0.25) is 0 Å². The van der Waals surface area contributed by atoms with Gasteiger partial charge in [-0.1, -0.05) is 52.5 Å². The van der Waals surface area contributed by atoms with Gasteiger partial charge in [0.05, 0.1) is 26.7 Å². The number of ether oxygens (including phenoxy) is 2. The number of phenolic OH excluding ortho intramolecular Hbond substituents is 1. The van der Waals surface area contributed by atoms with E-state index in [2.05, 4.69) is 5.32 Å². The van der Waals surface area contributed by atoms with Gasteiger partial charge in [0.1, 0.15) is 12.4 Å². The molecule has 0 radical (unpaired) electrons. The van der Waals surface area contributed by atoms with Crippen molar-refractivity contribution in [3.05, 3.63) is 79.5 Å². The molecule has 9 heteroatoms. The first kappa shape index (κ1) is 23.6. The van der Waals surface area contributed by atoms with Gasteiger partial charge in [0.15, 0.2) is 17.2 Å². The van der Waals surface area contributed by atoms with Gasteiger partial charge in [-0.05, 0) is 48.9 Å². The Balaban J connectivity index is 1.80. The average Bonchev–Trinajstić information content (AvgIpc) is 2.71. The van der Waals surface area contributed by atoms with E-state index in [1.165, 1.54) is 12.1 Å². The minimum absolute atomic E-state index is 0.104. The Kier molecular flexibility index (Phi) is 8.00. The molecule has 164 valence electrons. The van der Waals surface area contributed by atoms with Crippen molar-refractivity contribution in [3.8, 4) is 17.2 Å². The second-order valence-electron chi connectivity index (χ2n) is 6.47. The highest BCUT2D eigenvalue weighted by Gasteiger charge is 2.16.